The Labute approximate surface area is 295 Å². The molecule has 0 unspecified atom stereocenters. The average molecular weight is 654 g/mol. The van der Waals surface area contributed by atoms with Gasteiger partial charge in [0, 0.05) is 33.0 Å². The Morgan fingerprint density at radius 2 is 0.980 bits per heavy atom. The summed E-state index contributed by atoms with van der Waals surface area (Å²) in [5.41, 5.74) is 9.68. The molecule has 0 bridgehead atoms. The fraction of sp³-hybridized carbons (Fsp3) is 0.0426. The van der Waals surface area contributed by atoms with Crippen LogP contribution in [0, 0.1) is 0 Å². The molecule has 2 aromatic heterocycles. The molecule has 0 aliphatic heterocycles. The maximum atomic E-state index is 6.43. The summed E-state index contributed by atoms with van der Waals surface area (Å²) in [5.74, 6) is 2.92. The second kappa shape index (κ2) is 12.0. The molecule has 240 valence electrons. The zero-order valence-electron chi connectivity index (χ0n) is 27.8. The van der Waals surface area contributed by atoms with Crippen LogP contribution in [0.1, 0.15) is 17.7 Å². The molecular formula is C47H31N3O. The average Bonchev–Trinajstić information content (AvgIpc) is 3.59. The Hall–Kier alpha value is -6.65. The van der Waals surface area contributed by atoms with Crippen molar-refractivity contribution in [2.45, 2.75) is 12.8 Å². The highest BCUT2D eigenvalue weighted by Crippen LogP contribution is 2.42. The number of hydrogen-bond donors (Lipinski definition) is 0. The van der Waals surface area contributed by atoms with Crippen LogP contribution in [-0.4, -0.2) is 15.0 Å². The summed E-state index contributed by atoms with van der Waals surface area (Å²) in [5, 5.41) is 5.84. The first kappa shape index (κ1) is 29.3. The van der Waals surface area contributed by atoms with E-state index in [0.29, 0.717) is 17.5 Å². The summed E-state index contributed by atoms with van der Waals surface area (Å²) in [6.07, 6.45) is 6.36. The molecule has 0 amide bonds. The molecule has 1 aliphatic rings. The van der Waals surface area contributed by atoms with Gasteiger partial charge in [-0.2, -0.15) is 0 Å². The Bertz CT molecular complexity index is 2720. The monoisotopic (exact) mass is 653 g/mol. The van der Waals surface area contributed by atoms with Crippen LogP contribution in [0.2, 0.25) is 0 Å². The van der Waals surface area contributed by atoms with E-state index in [-0.39, 0.29) is 0 Å². The van der Waals surface area contributed by atoms with Crippen molar-refractivity contribution in [2.24, 2.45) is 0 Å². The molecule has 0 saturated carbocycles. The molecular weight excluding hydrogens is 623 g/mol. The first-order valence-electron chi connectivity index (χ1n) is 17.4. The van der Waals surface area contributed by atoms with Gasteiger partial charge in [0.05, 0.1) is 0 Å². The summed E-state index contributed by atoms with van der Waals surface area (Å²) in [6, 6.07) is 53.1. The second-order valence-electron chi connectivity index (χ2n) is 13.1. The third kappa shape index (κ3) is 5.12. The molecule has 2 heterocycles. The minimum Gasteiger partial charge on any atom is -0.456 e. The van der Waals surface area contributed by atoms with Gasteiger partial charge >= 0.3 is 0 Å². The standard InChI is InChI=1S/C47H31N3O/c1-3-13-32(14-4-1)45-48-46(33-15-5-2-6-16-33)50-47(49-45)42-28-35-18-8-7-17-34(35)27-39(42)30-23-25-31(26-24-30)40-29-41-37-20-11-12-22-43(37)51-44(41)38-21-10-9-19-36(38)40/h1-10,12-19,21-29H,11,20H2. The van der Waals surface area contributed by atoms with Crippen LogP contribution in [0.4, 0.5) is 0 Å². The quantitative estimate of drug-likeness (QED) is 0.185. The molecule has 4 heteroatoms. The van der Waals surface area contributed by atoms with Crippen LogP contribution in [0.5, 0.6) is 0 Å². The predicted molar refractivity (Wildman–Crippen MR) is 209 cm³/mol. The van der Waals surface area contributed by atoms with Gasteiger partial charge in [-0.1, -0.05) is 140 Å². The molecule has 0 spiro atoms. The van der Waals surface area contributed by atoms with Gasteiger partial charge in [0.2, 0.25) is 0 Å². The third-order valence-electron chi connectivity index (χ3n) is 9.99. The van der Waals surface area contributed by atoms with Crippen LogP contribution < -0.4 is 0 Å². The molecule has 0 saturated heterocycles. The van der Waals surface area contributed by atoms with Gasteiger partial charge in [0.15, 0.2) is 17.5 Å². The highest BCUT2D eigenvalue weighted by atomic mass is 16.3. The number of benzene rings is 7. The van der Waals surface area contributed by atoms with Crippen molar-refractivity contribution in [1.82, 2.24) is 15.0 Å². The number of nitrogens with zero attached hydrogens (tertiary/aromatic N) is 3. The number of fused-ring (bicyclic) bond motifs is 6. The number of rotatable bonds is 5. The van der Waals surface area contributed by atoms with Gasteiger partial charge in [0.25, 0.3) is 0 Å². The number of furan rings is 1. The van der Waals surface area contributed by atoms with E-state index in [4.69, 9.17) is 19.4 Å². The SMILES string of the molecule is C1=Cc2oc3c(cc(-c4ccc(-c5cc6ccccc6cc5-c5nc(-c6ccccc6)nc(-c6ccccc6)n5)cc4)c4ccccc43)c2CC1. The highest BCUT2D eigenvalue weighted by molar-refractivity contribution is 6.13. The van der Waals surface area contributed by atoms with Crippen LogP contribution in [0.3, 0.4) is 0 Å². The topological polar surface area (TPSA) is 51.8 Å². The fourth-order valence-electron chi connectivity index (χ4n) is 7.46. The van der Waals surface area contributed by atoms with E-state index in [1.54, 1.807) is 0 Å². The molecule has 10 rings (SSSR count). The van der Waals surface area contributed by atoms with Crippen molar-refractivity contribution in [3.63, 3.8) is 0 Å². The maximum absolute atomic E-state index is 6.43. The van der Waals surface area contributed by atoms with Gasteiger partial charge < -0.3 is 4.42 Å². The van der Waals surface area contributed by atoms with Crippen LogP contribution in [0.15, 0.2) is 162 Å². The van der Waals surface area contributed by atoms with Crippen LogP contribution in [0.25, 0.3) is 95.0 Å². The van der Waals surface area contributed by atoms with E-state index in [0.717, 1.165) is 68.2 Å². The third-order valence-corrected chi connectivity index (χ3v) is 9.99. The highest BCUT2D eigenvalue weighted by Gasteiger charge is 2.20. The zero-order valence-corrected chi connectivity index (χ0v) is 27.8. The van der Waals surface area contributed by atoms with E-state index >= 15 is 0 Å². The number of hydrogen-bond acceptors (Lipinski definition) is 4. The Morgan fingerprint density at radius 1 is 0.431 bits per heavy atom. The summed E-state index contributed by atoms with van der Waals surface area (Å²) in [7, 11) is 0. The van der Waals surface area contributed by atoms with Crippen LogP contribution >= 0.6 is 0 Å². The lowest BCUT2D eigenvalue weighted by Crippen LogP contribution is -2.01. The molecule has 0 radical (unpaired) electrons. The van der Waals surface area contributed by atoms with Crippen molar-refractivity contribution in [1.29, 1.82) is 0 Å². The van der Waals surface area contributed by atoms with E-state index < -0.39 is 0 Å². The number of allylic oxidation sites excluding steroid dienone is 1. The molecule has 1 aliphatic carbocycles. The molecule has 51 heavy (non-hydrogen) atoms. The molecule has 4 nitrogen and oxygen atoms in total. The number of aryl methyl sites for hydroxylation is 1. The van der Waals surface area contributed by atoms with E-state index in [1.165, 1.54) is 27.5 Å². The molecule has 0 N–H and O–H groups in total. The van der Waals surface area contributed by atoms with Gasteiger partial charge in [-0.15, -0.1) is 0 Å². The van der Waals surface area contributed by atoms with Gasteiger partial charge in [-0.3, -0.25) is 0 Å². The van der Waals surface area contributed by atoms with Crippen molar-refractivity contribution in [3.8, 4) is 56.4 Å². The van der Waals surface area contributed by atoms with E-state index in [2.05, 4.69) is 103 Å². The van der Waals surface area contributed by atoms with E-state index in [9.17, 15) is 0 Å². The van der Waals surface area contributed by atoms with Gasteiger partial charge in [0.1, 0.15) is 11.3 Å². The summed E-state index contributed by atoms with van der Waals surface area (Å²) in [6.45, 7) is 0. The maximum Gasteiger partial charge on any atom is 0.164 e. The molecule has 7 aromatic carbocycles. The van der Waals surface area contributed by atoms with Crippen molar-refractivity contribution >= 4 is 38.6 Å². The minimum atomic E-state index is 0.641. The molecule has 9 aromatic rings. The Morgan fingerprint density at radius 3 is 1.65 bits per heavy atom. The largest absolute Gasteiger partial charge is 0.456 e. The lowest BCUT2D eigenvalue weighted by atomic mass is 9.91. The van der Waals surface area contributed by atoms with Crippen molar-refractivity contribution in [3.05, 3.63) is 169 Å². The first-order chi connectivity index (χ1) is 25.3. The lowest BCUT2D eigenvalue weighted by Gasteiger charge is -2.15. The van der Waals surface area contributed by atoms with Gasteiger partial charge in [-0.05, 0) is 75.5 Å². The van der Waals surface area contributed by atoms with E-state index in [1.807, 2.05) is 60.7 Å². The Balaban J connectivity index is 1.15. The second-order valence-corrected chi connectivity index (χ2v) is 13.1. The summed E-state index contributed by atoms with van der Waals surface area (Å²) in [4.78, 5) is 15.2. The predicted octanol–water partition coefficient (Wildman–Crippen LogP) is 12.2. The van der Waals surface area contributed by atoms with Crippen molar-refractivity contribution in [2.75, 3.05) is 0 Å². The number of aromatic nitrogens is 3. The molecule has 0 atom stereocenters. The Kier molecular flexibility index (Phi) is 6.91. The summed E-state index contributed by atoms with van der Waals surface area (Å²) < 4.78 is 6.43. The van der Waals surface area contributed by atoms with Crippen molar-refractivity contribution < 1.29 is 4.42 Å². The normalized spacial score (nSPS) is 12.5. The zero-order chi connectivity index (χ0) is 33.7. The minimum absolute atomic E-state index is 0.641. The fourth-order valence-corrected chi connectivity index (χ4v) is 7.46. The summed E-state index contributed by atoms with van der Waals surface area (Å²) >= 11 is 0. The molecule has 0 fully saturated rings. The van der Waals surface area contributed by atoms with Crippen LogP contribution in [-0.2, 0) is 6.42 Å². The van der Waals surface area contributed by atoms with Gasteiger partial charge in [-0.25, -0.2) is 15.0 Å². The smallest absolute Gasteiger partial charge is 0.164 e. The first-order valence-corrected chi connectivity index (χ1v) is 17.4. The lowest BCUT2D eigenvalue weighted by molar-refractivity contribution is 0.598.